The summed E-state index contributed by atoms with van der Waals surface area (Å²) >= 11 is 3.25. The average molecular weight is 340 g/mol. The predicted octanol–water partition coefficient (Wildman–Crippen LogP) is 3.61. The molecule has 0 bridgehead atoms. The molecule has 2 N–H and O–H groups in total. The summed E-state index contributed by atoms with van der Waals surface area (Å²) in [5.74, 6) is -0.273. The molecule has 1 unspecified atom stereocenters. The minimum Gasteiger partial charge on any atom is -0.324 e. The summed E-state index contributed by atoms with van der Waals surface area (Å²) in [6.45, 7) is 4.91. The maximum atomic E-state index is 13.9. The van der Waals surface area contributed by atoms with Gasteiger partial charge < -0.3 is 5.73 Å². The third-order valence-electron chi connectivity index (χ3n) is 3.37. The second-order valence-electron chi connectivity index (χ2n) is 4.77. The fraction of sp³-hybridized carbons (Fsp3) is 0.400. The third kappa shape index (κ3) is 3.27. The Hall–Kier alpha value is -1.20. The van der Waals surface area contributed by atoms with Gasteiger partial charge in [-0.3, -0.25) is 4.68 Å². The van der Waals surface area contributed by atoms with Crippen molar-refractivity contribution in [3.8, 4) is 0 Å². The summed E-state index contributed by atoms with van der Waals surface area (Å²) in [6.07, 6.45) is 1.47. The molecule has 2 aromatic rings. The van der Waals surface area contributed by atoms with Crippen LogP contribution in [0.5, 0.6) is 0 Å². The first kappa shape index (κ1) is 15.2. The zero-order valence-corrected chi connectivity index (χ0v) is 13.3. The topological polar surface area (TPSA) is 43.8 Å². The van der Waals surface area contributed by atoms with Crippen molar-refractivity contribution in [2.45, 2.75) is 39.3 Å². The average Bonchev–Trinajstić information content (AvgIpc) is 2.80. The Balaban J connectivity index is 2.22. The van der Waals surface area contributed by atoms with Gasteiger partial charge in [0, 0.05) is 34.7 Å². The van der Waals surface area contributed by atoms with Gasteiger partial charge in [0.1, 0.15) is 5.82 Å². The Morgan fingerprint density at radius 2 is 2.10 bits per heavy atom. The minimum absolute atomic E-state index is 0.273. The van der Waals surface area contributed by atoms with E-state index in [9.17, 15) is 4.39 Å². The molecule has 0 saturated carbocycles. The third-order valence-corrected chi connectivity index (χ3v) is 3.86. The lowest BCUT2D eigenvalue weighted by atomic mass is 10.0. The second kappa shape index (κ2) is 6.50. The fourth-order valence-electron chi connectivity index (χ4n) is 2.26. The van der Waals surface area contributed by atoms with Crippen LogP contribution < -0.4 is 5.73 Å². The maximum Gasteiger partial charge on any atom is 0.129 e. The van der Waals surface area contributed by atoms with E-state index in [4.69, 9.17) is 5.73 Å². The molecule has 0 amide bonds. The summed E-state index contributed by atoms with van der Waals surface area (Å²) in [6, 6.07) is 6.68. The first-order valence-electron chi connectivity index (χ1n) is 6.81. The van der Waals surface area contributed by atoms with Crippen LogP contribution in [0.4, 0.5) is 4.39 Å². The van der Waals surface area contributed by atoms with Gasteiger partial charge >= 0.3 is 0 Å². The molecule has 2 rings (SSSR count). The lowest BCUT2D eigenvalue weighted by Gasteiger charge is -2.14. The van der Waals surface area contributed by atoms with Crippen molar-refractivity contribution in [1.29, 1.82) is 0 Å². The molecule has 0 radical (unpaired) electrons. The number of aromatic nitrogens is 2. The monoisotopic (exact) mass is 339 g/mol. The van der Waals surface area contributed by atoms with E-state index in [1.165, 1.54) is 6.07 Å². The van der Waals surface area contributed by atoms with Crippen LogP contribution in [0.25, 0.3) is 0 Å². The van der Waals surface area contributed by atoms with Crippen LogP contribution in [0.15, 0.2) is 28.7 Å². The van der Waals surface area contributed by atoms with Crippen LogP contribution in [0, 0.1) is 5.82 Å². The highest BCUT2D eigenvalue weighted by molar-refractivity contribution is 9.10. The molecular weight excluding hydrogens is 321 g/mol. The van der Waals surface area contributed by atoms with Gasteiger partial charge in [0.15, 0.2) is 0 Å². The van der Waals surface area contributed by atoms with E-state index < -0.39 is 0 Å². The molecule has 3 nitrogen and oxygen atoms in total. The Labute approximate surface area is 127 Å². The van der Waals surface area contributed by atoms with E-state index in [2.05, 4.69) is 34.0 Å². The summed E-state index contributed by atoms with van der Waals surface area (Å²) in [5, 5.41) is 4.49. The first-order valence-corrected chi connectivity index (χ1v) is 7.60. The van der Waals surface area contributed by atoms with Crippen LogP contribution in [0.1, 0.15) is 36.8 Å². The Kier molecular flexibility index (Phi) is 4.94. The van der Waals surface area contributed by atoms with Crippen LogP contribution in [0.3, 0.4) is 0 Å². The van der Waals surface area contributed by atoms with Gasteiger partial charge in [-0.25, -0.2) is 4.39 Å². The van der Waals surface area contributed by atoms with E-state index in [1.54, 1.807) is 6.07 Å². The van der Waals surface area contributed by atoms with E-state index in [-0.39, 0.29) is 11.9 Å². The lowest BCUT2D eigenvalue weighted by Crippen LogP contribution is -2.17. The van der Waals surface area contributed by atoms with Gasteiger partial charge in [-0.2, -0.15) is 5.10 Å². The van der Waals surface area contributed by atoms with E-state index in [1.807, 2.05) is 17.7 Å². The SMILES string of the molecule is CCc1cc(CC(N)c2ccc(Br)cc2F)n(CC)n1. The standard InChI is InChI=1S/C15H19BrFN3/c1-3-11-8-12(20(4-2)19-11)9-15(18)13-6-5-10(16)7-14(13)17/h5-8,15H,3-4,9,18H2,1-2H3. The molecule has 0 aliphatic rings. The van der Waals surface area contributed by atoms with E-state index >= 15 is 0 Å². The van der Waals surface area contributed by atoms with Gasteiger partial charge in [-0.15, -0.1) is 0 Å². The molecule has 1 aromatic heterocycles. The Morgan fingerprint density at radius 3 is 2.70 bits per heavy atom. The van der Waals surface area contributed by atoms with Crippen LogP contribution in [-0.4, -0.2) is 9.78 Å². The molecule has 0 fully saturated rings. The summed E-state index contributed by atoms with van der Waals surface area (Å²) in [4.78, 5) is 0. The number of benzene rings is 1. The van der Waals surface area contributed by atoms with E-state index in [0.29, 0.717) is 12.0 Å². The van der Waals surface area contributed by atoms with Gasteiger partial charge in [0.05, 0.1) is 5.69 Å². The highest BCUT2D eigenvalue weighted by Crippen LogP contribution is 2.23. The number of hydrogen-bond donors (Lipinski definition) is 1. The fourth-order valence-corrected chi connectivity index (χ4v) is 2.60. The molecule has 0 saturated heterocycles. The largest absolute Gasteiger partial charge is 0.324 e. The summed E-state index contributed by atoms with van der Waals surface area (Å²) in [7, 11) is 0. The lowest BCUT2D eigenvalue weighted by molar-refractivity contribution is 0.554. The van der Waals surface area contributed by atoms with Crippen molar-refractivity contribution in [3.63, 3.8) is 0 Å². The molecule has 0 aliphatic heterocycles. The summed E-state index contributed by atoms with van der Waals surface area (Å²) in [5.41, 5.74) is 8.79. The molecule has 20 heavy (non-hydrogen) atoms. The van der Waals surface area contributed by atoms with Crippen LogP contribution in [0.2, 0.25) is 0 Å². The highest BCUT2D eigenvalue weighted by Gasteiger charge is 2.15. The second-order valence-corrected chi connectivity index (χ2v) is 5.69. The molecular formula is C15H19BrFN3. The summed E-state index contributed by atoms with van der Waals surface area (Å²) < 4.78 is 16.6. The molecule has 1 aromatic carbocycles. The van der Waals surface area contributed by atoms with Gasteiger partial charge in [0.25, 0.3) is 0 Å². The molecule has 1 heterocycles. The quantitative estimate of drug-likeness (QED) is 0.904. The molecule has 108 valence electrons. The predicted molar refractivity (Wildman–Crippen MR) is 82.0 cm³/mol. The van der Waals surface area contributed by atoms with Crippen molar-refractivity contribution in [2.24, 2.45) is 5.73 Å². The highest BCUT2D eigenvalue weighted by atomic mass is 79.9. The van der Waals surface area contributed by atoms with Crippen molar-refractivity contribution in [2.75, 3.05) is 0 Å². The van der Waals surface area contributed by atoms with Crippen molar-refractivity contribution < 1.29 is 4.39 Å². The van der Waals surface area contributed by atoms with Gasteiger partial charge in [-0.05, 0) is 31.5 Å². The molecule has 1 atom stereocenters. The van der Waals surface area contributed by atoms with Gasteiger partial charge in [0.2, 0.25) is 0 Å². The molecule has 0 aliphatic carbocycles. The van der Waals surface area contributed by atoms with Crippen molar-refractivity contribution in [1.82, 2.24) is 9.78 Å². The van der Waals surface area contributed by atoms with E-state index in [0.717, 1.165) is 28.8 Å². The van der Waals surface area contributed by atoms with Crippen LogP contribution in [-0.2, 0) is 19.4 Å². The maximum absolute atomic E-state index is 13.9. The first-order chi connectivity index (χ1) is 9.55. The van der Waals surface area contributed by atoms with Crippen molar-refractivity contribution in [3.05, 3.63) is 51.5 Å². The Bertz CT molecular complexity index is 595. The minimum atomic E-state index is -0.366. The van der Waals surface area contributed by atoms with Crippen LogP contribution >= 0.6 is 15.9 Å². The molecule has 5 heteroatoms. The Morgan fingerprint density at radius 1 is 1.35 bits per heavy atom. The number of nitrogens with two attached hydrogens (primary N) is 1. The zero-order chi connectivity index (χ0) is 14.7. The smallest absolute Gasteiger partial charge is 0.129 e. The number of hydrogen-bond acceptors (Lipinski definition) is 2. The normalized spacial score (nSPS) is 12.7. The number of halogens is 2. The van der Waals surface area contributed by atoms with Gasteiger partial charge in [-0.1, -0.05) is 28.9 Å². The number of aryl methyl sites for hydroxylation is 2. The zero-order valence-electron chi connectivity index (χ0n) is 11.7. The van der Waals surface area contributed by atoms with Crippen molar-refractivity contribution >= 4 is 15.9 Å². The number of rotatable bonds is 5. The molecule has 0 spiro atoms. The number of nitrogens with zero attached hydrogens (tertiary/aromatic N) is 2.